The average Bonchev–Trinajstić information content (AvgIpc) is 3.41. The highest BCUT2D eigenvalue weighted by molar-refractivity contribution is 5.87. The smallest absolute Gasteiger partial charge is 0.407 e. The highest BCUT2D eigenvalue weighted by Crippen LogP contribution is 2.39. The topological polar surface area (TPSA) is 96.7 Å². The second kappa shape index (κ2) is 14.5. The van der Waals surface area contributed by atoms with Crippen molar-refractivity contribution in [1.29, 1.82) is 0 Å². The fourth-order valence-corrected chi connectivity index (χ4v) is 5.00. The number of aromatic nitrogens is 2. The molecule has 43 heavy (non-hydrogen) atoms. The van der Waals surface area contributed by atoms with Gasteiger partial charge in [0.2, 0.25) is 5.91 Å². The third-order valence-electron chi connectivity index (χ3n) is 7.01. The lowest BCUT2D eigenvalue weighted by atomic mass is 9.84. The summed E-state index contributed by atoms with van der Waals surface area (Å²) < 4.78 is 7.34. The van der Waals surface area contributed by atoms with E-state index < -0.39 is 23.7 Å². The minimum Gasteiger partial charge on any atom is -0.445 e. The van der Waals surface area contributed by atoms with Crippen molar-refractivity contribution in [2.45, 2.75) is 46.1 Å². The van der Waals surface area contributed by atoms with Crippen LogP contribution in [0.2, 0.25) is 0 Å². The number of alkyl carbamates (subject to hydrolysis) is 1. The molecule has 0 fully saturated rings. The van der Waals surface area contributed by atoms with Crippen LogP contribution in [0.3, 0.4) is 0 Å². The Morgan fingerprint density at radius 1 is 0.977 bits per heavy atom. The molecule has 0 aliphatic heterocycles. The van der Waals surface area contributed by atoms with Crippen LogP contribution in [-0.2, 0) is 22.7 Å². The van der Waals surface area contributed by atoms with Gasteiger partial charge in [-0.3, -0.25) is 4.79 Å². The van der Waals surface area contributed by atoms with Gasteiger partial charge in [0.1, 0.15) is 12.4 Å². The van der Waals surface area contributed by atoms with Gasteiger partial charge in [-0.15, -0.1) is 0 Å². The average molecular weight is 581 g/mol. The molecular formula is C35H40N4O4. The van der Waals surface area contributed by atoms with Crippen molar-refractivity contribution in [2.24, 2.45) is 5.41 Å². The molecule has 0 radical (unpaired) electrons. The van der Waals surface area contributed by atoms with Crippen molar-refractivity contribution in [3.05, 3.63) is 127 Å². The predicted molar refractivity (Wildman–Crippen MR) is 168 cm³/mol. The molecule has 4 rings (SSSR count). The summed E-state index contributed by atoms with van der Waals surface area (Å²) in [5, 5.41) is 13.6. The minimum absolute atomic E-state index is 0.0510. The molecule has 2 N–H and O–H groups in total. The van der Waals surface area contributed by atoms with Crippen LogP contribution >= 0.6 is 0 Å². The van der Waals surface area contributed by atoms with Gasteiger partial charge in [-0.2, -0.15) is 0 Å². The van der Waals surface area contributed by atoms with E-state index in [0.717, 1.165) is 22.4 Å². The van der Waals surface area contributed by atoms with Crippen molar-refractivity contribution >= 4 is 12.0 Å². The van der Waals surface area contributed by atoms with Crippen molar-refractivity contribution in [3.8, 4) is 11.3 Å². The summed E-state index contributed by atoms with van der Waals surface area (Å²) in [6.45, 7) is 10.4. The van der Waals surface area contributed by atoms with Crippen LogP contribution in [0.15, 0.2) is 110 Å². The van der Waals surface area contributed by atoms with Crippen molar-refractivity contribution < 1.29 is 19.4 Å². The number of carbonyl (C=O) groups is 2. The number of hydrogen-bond acceptors (Lipinski definition) is 5. The molecular weight excluding hydrogens is 540 g/mol. The zero-order chi connectivity index (χ0) is 30.8. The molecule has 0 aliphatic rings. The molecule has 1 aromatic heterocycles. The van der Waals surface area contributed by atoms with Gasteiger partial charge >= 0.3 is 6.09 Å². The van der Waals surface area contributed by atoms with Gasteiger partial charge in [0.25, 0.3) is 0 Å². The molecule has 0 aliphatic carbocycles. The van der Waals surface area contributed by atoms with E-state index >= 15 is 0 Å². The summed E-state index contributed by atoms with van der Waals surface area (Å²) in [4.78, 5) is 32.4. The lowest BCUT2D eigenvalue weighted by Gasteiger charge is -2.40. The first-order valence-electron chi connectivity index (χ1n) is 14.4. The third kappa shape index (κ3) is 8.66. The van der Waals surface area contributed by atoms with Gasteiger partial charge in [0.15, 0.2) is 0 Å². The van der Waals surface area contributed by atoms with Crippen LogP contribution in [0, 0.1) is 5.41 Å². The Morgan fingerprint density at radius 3 is 2.14 bits per heavy atom. The first-order valence-corrected chi connectivity index (χ1v) is 14.4. The molecule has 0 spiro atoms. The van der Waals surface area contributed by atoms with E-state index in [1.54, 1.807) is 4.90 Å². The number of ether oxygens (including phenoxy) is 1. The van der Waals surface area contributed by atoms with Crippen LogP contribution in [-0.4, -0.2) is 50.8 Å². The van der Waals surface area contributed by atoms with Crippen molar-refractivity contribution in [3.63, 3.8) is 0 Å². The highest BCUT2D eigenvalue weighted by atomic mass is 16.5. The molecule has 2 atom stereocenters. The summed E-state index contributed by atoms with van der Waals surface area (Å²) in [5.74, 6) is 0.342. The monoisotopic (exact) mass is 580 g/mol. The molecule has 0 saturated carbocycles. The maximum atomic E-state index is 13.4. The summed E-state index contributed by atoms with van der Waals surface area (Å²) in [6.07, 6.45) is 1.54. The summed E-state index contributed by atoms with van der Waals surface area (Å²) in [5.41, 5.74) is 3.22. The maximum absolute atomic E-state index is 13.4. The van der Waals surface area contributed by atoms with Gasteiger partial charge in [-0.1, -0.05) is 118 Å². The van der Waals surface area contributed by atoms with Crippen LogP contribution in [0.4, 0.5) is 4.79 Å². The van der Waals surface area contributed by atoms with E-state index in [0.29, 0.717) is 12.4 Å². The molecule has 224 valence electrons. The summed E-state index contributed by atoms with van der Waals surface area (Å²) >= 11 is 0. The molecule has 2 unspecified atom stereocenters. The lowest BCUT2D eigenvalue weighted by Crippen LogP contribution is -2.47. The quantitative estimate of drug-likeness (QED) is 0.201. The number of imidazole rings is 1. The number of amides is 2. The van der Waals surface area contributed by atoms with Gasteiger partial charge in [-0.05, 0) is 22.6 Å². The Bertz CT molecular complexity index is 1480. The molecule has 4 aromatic rings. The van der Waals surface area contributed by atoms with E-state index in [2.05, 4.69) is 28.6 Å². The van der Waals surface area contributed by atoms with Crippen LogP contribution < -0.4 is 5.32 Å². The van der Waals surface area contributed by atoms with Gasteiger partial charge in [0, 0.05) is 31.4 Å². The molecule has 0 bridgehead atoms. The first kappa shape index (κ1) is 31.3. The first-order chi connectivity index (χ1) is 20.7. The van der Waals surface area contributed by atoms with E-state index in [-0.39, 0.29) is 25.6 Å². The lowest BCUT2D eigenvalue weighted by molar-refractivity contribution is -0.133. The Morgan fingerprint density at radius 2 is 1.56 bits per heavy atom. The van der Waals surface area contributed by atoms with Crippen LogP contribution in [0.5, 0.6) is 0 Å². The number of carbonyl (C=O) groups excluding carboxylic acids is 2. The second-order valence-corrected chi connectivity index (χ2v) is 11.5. The number of aliphatic hydroxyl groups is 1. The Kier molecular flexibility index (Phi) is 10.5. The minimum atomic E-state index is -1.07. The molecule has 8 nitrogen and oxygen atoms in total. The van der Waals surface area contributed by atoms with Gasteiger partial charge in [0.05, 0.1) is 17.8 Å². The second-order valence-electron chi connectivity index (χ2n) is 11.5. The van der Waals surface area contributed by atoms with Gasteiger partial charge < -0.3 is 24.6 Å². The fourth-order valence-electron chi connectivity index (χ4n) is 5.00. The number of benzene rings is 3. The van der Waals surface area contributed by atoms with E-state index in [1.807, 2.05) is 106 Å². The predicted octanol–water partition coefficient (Wildman–Crippen LogP) is 5.99. The van der Waals surface area contributed by atoms with E-state index in [4.69, 9.17) is 9.72 Å². The standard InChI is InChI=1S/C35H40N4O4/c1-5-31(41)39(23-29(40)21-36-34(42)43-25-27-17-11-7-12-18-27)32(35(2,3)4)33-37-30(28-19-13-8-14-20-28)24-38(33)22-26-15-9-6-10-16-26/h5-20,24,29,32,40H,1,21-23,25H2,2-4H3,(H,36,42). The van der Waals surface area contributed by atoms with Gasteiger partial charge in [-0.25, -0.2) is 9.78 Å². The highest BCUT2D eigenvalue weighted by Gasteiger charge is 2.38. The number of rotatable bonds is 12. The third-order valence-corrected chi connectivity index (χ3v) is 7.01. The summed E-state index contributed by atoms with van der Waals surface area (Å²) in [7, 11) is 0. The van der Waals surface area contributed by atoms with Crippen LogP contribution in [0.1, 0.15) is 43.8 Å². The molecule has 0 saturated heterocycles. The molecule has 1 heterocycles. The largest absolute Gasteiger partial charge is 0.445 e. The molecule has 3 aromatic carbocycles. The fraction of sp³-hybridized carbons (Fsp3) is 0.286. The Balaban J connectivity index is 1.59. The normalized spacial score (nSPS) is 12.7. The maximum Gasteiger partial charge on any atom is 0.407 e. The van der Waals surface area contributed by atoms with E-state index in [1.165, 1.54) is 6.08 Å². The zero-order valence-electron chi connectivity index (χ0n) is 25.0. The number of nitrogens with zero attached hydrogens (tertiary/aromatic N) is 3. The van der Waals surface area contributed by atoms with Crippen molar-refractivity contribution in [1.82, 2.24) is 19.8 Å². The summed E-state index contributed by atoms with van der Waals surface area (Å²) in [6, 6.07) is 28.8. The van der Waals surface area contributed by atoms with Crippen molar-refractivity contribution in [2.75, 3.05) is 13.1 Å². The molecule has 2 amide bonds. The van der Waals surface area contributed by atoms with Crippen LogP contribution in [0.25, 0.3) is 11.3 Å². The molecule has 8 heteroatoms. The number of nitrogens with one attached hydrogen (secondary N) is 1. The SMILES string of the molecule is C=CC(=O)N(CC(O)CNC(=O)OCc1ccccc1)C(c1nc(-c2ccccc2)cn1Cc1ccccc1)C(C)(C)C. The Hall–Kier alpha value is -4.69. The number of aliphatic hydroxyl groups excluding tert-OH is 1. The zero-order valence-corrected chi connectivity index (χ0v) is 25.0. The van der Waals surface area contributed by atoms with E-state index in [9.17, 15) is 14.7 Å². The Labute approximate surface area is 253 Å². The number of hydrogen-bond donors (Lipinski definition) is 2.